The molecule has 27 heavy (non-hydrogen) atoms. The summed E-state index contributed by atoms with van der Waals surface area (Å²) in [5.74, 6) is -2.17. The molecule has 1 atom stereocenters. The maximum Gasteiger partial charge on any atom is 0.324 e. The van der Waals surface area contributed by atoms with Gasteiger partial charge in [-0.2, -0.15) is 0 Å². The van der Waals surface area contributed by atoms with E-state index in [0.717, 1.165) is 17.0 Å². The van der Waals surface area contributed by atoms with Crippen molar-refractivity contribution in [3.05, 3.63) is 77.0 Å². The van der Waals surface area contributed by atoms with E-state index in [1.54, 1.807) is 37.3 Å². The van der Waals surface area contributed by atoms with Gasteiger partial charge in [0.1, 0.15) is 11.6 Å². The first kappa shape index (κ1) is 18.6. The lowest BCUT2D eigenvalue weighted by Gasteiger charge is -2.40. The molecule has 0 saturated heterocycles. The number of urea groups is 1. The highest BCUT2D eigenvalue weighted by atomic mass is 19.1. The monoisotopic (exact) mass is 371 g/mol. The van der Waals surface area contributed by atoms with Gasteiger partial charge < -0.3 is 15.1 Å². The average molecular weight is 371 g/mol. The standard InChI is InChI=1S/C20H19F2N3O2/c1-12-16(19(26)23-13-8-5-4-6-9-13)18(25(3)20(27)24(12)2)17-14(21)10-7-11-15(17)22/h4-11,18H,1-3H3,(H,23,26). The van der Waals surface area contributed by atoms with Crippen molar-refractivity contribution in [3.63, 3.8) is 0 Å². The summed E-state index contributed by atoms with van der Waals surface area (Å²) in [4.78, 5) is 28.0. The van der Waals surface area contributed by atoms with E-state index < -0.39 is 29.6 Å². The highest BCUT2D eigenvalue weighted by Gasteiger charge is 2.40. The predicted octanol–water partition coefficient (Wildman–Crippen LogP) is 3.92. The van der Waals surface area contributed by atoms with Gasteiger partial charge in [-0.3, -0.25) is 4.79 Å². The Balaban J connectivity index is 2.13. The second-order valence-electron chi connectivity index (χ2n) is 6.31. The average Bonchev–Trinajstić information content (AvgIpc) is 2.64. The van der Waals surface area contributed by atoms with Crippen LogP contribution in [0, 0.1) is 11.6 Å². The Morgan fingerprint density at radius 1 is 1.00 bits per heavy atom. The van der Waals surface area contributed by atoms with Crippen molar-refractivity contribution in [2.24, 2.45) is 0 Å². The van der Waals surface area contributed by atoms with Gasteiger partial charge in [-0.25, -0.2) is 13.6 Å². The van der Waals surface area contributed by atoms with Crippen LogP contribution in [0.2, 0.25) is 0 Å². The van der Waals surface area contributed by atoms with Crippen molar-refractivity contribution in [3.8, 4) is 0 Å². The zero-order chi connectivity index (χ0) is 19.7. The molecule has 1 aliphatic heterocycles. The first-order valence-electron chi connectivity index (χ1n) is 8.34. The van der Waals surface area contributed by atoms with Crippen LogP contribution in [-0.4, -0.2) is 35.8 Å². The number of rotatable bonds is 3. The fourth-order valence-electron chi connectivity index (χ4n) is 3.18. The Labute approximate surface area is 155 Å². The largest absolute Gasteiger partial charge is 0.324 e. The summed E-state index contributed by atoms with van der Waals surface area (Å²) in [5, 5.41) is 2.73. The molecule has 1 unspecified atom stereocenters. The molecule has 0 spiro atoms. The number of likely N-dealkylation sites (N-methyl/N-ethyl adjacent to an activating group) is 1. The molecule has 2 aromatic carbocycles. The Kier molecular flexibility index (Phi) is 4.94. The van der Waals surface area contributed by atoms with Crippen LogP contribution in [0.15, 0.2) is 59.8 Å². The topological polar surface area (TPSA) is 52.7 Å². The van der Waals surface area contributed by atoms with E-state index in [-0.39, 0.29) is 11.1 Å². The summed E-state index contributed by atoms with van der Waals surface area (Å²) in [6.07, 6.45) is 0. The Hall–Kier alpha value is -3.22. The van der Waals surface area contributed by atoms with Crippen molar-refractivity contribution in [1.29, 1.82) is 0 Å². The number of nitrogens with zero attached hydrogens (tertiary/aromatic N) is 2. The molecule has 0 aliphatic carbocycles. The Bertz CT molecular complexity index is 908. The van der Waals surface area contributed by atoms with Gasteiger partial charge >= 0.3 is 6.03 Å². The van der Waals surface area contributed by atoms with E-state index in [4.69, 9.17) is 0 Å². The van der Waals surface area contributed by atoms with Crippen LogP contribution in [0.25, 0.3) is 0 Å². The van der Waals surface area contributed by atoms with Gasteiger partial charge in [-0.15, -0.1) is 0 Å². The third kappa shape index (κ3) is 3.28. The summed E-state index contributed by atoms with van der Waals surface area (Å²) in [5.41, 5.74) is 0.642. The number of carbonyl (C=O) groups is 2. The van der Waals surface area contributed by atoms with Gasteiger partial charge in [0.05, 0.1) is 17.2 Å². The van der Waals surface area contributed by atoms with Gasteiger partial charge in [-0.1, -0.05) is 24.3 Å². The van der Waals surface area contributed by atoms with Crippen molar-refractivity contribution in [2.75, 3.05) is 19.4 Å². The number of benzene rings is 2. The SMILES string of the molecule is CC1=C(C(=O)Nc2ccccc2)C(c2c(F)cccc2F)N(C)C(=O)N1C. The van der Waals surface area contributed by atoms with Crippen LogP contribution in [-0.2, 0) is 4.79 Å². The maximum atomic E-state index is 14.5. The third-order valence-corrected chi connectivity index (χ3v) is 4.69. The summed E-state index contributed by atoms with van der Waals surface area (Å²) in [7, 11) is 2.93. The molecule has 3 rings (SSSR count). The summed E-state index contributed by atoms with van der Waals surface area (Å²) in [6, 6.07) is 10.5. The number of halogens is 2. The van der Waals surface area contributed by atoms with E-state index in [9.17, 15) is 18.4 Å². The lowest BCUT2D eigenvalue weighted by Crippen LogP contribution is -2.48. The Morgan fingerprint density at radius 3 is 2.19 bits per heavy atom. The second kappa shape index (κ2) is 7.19. The molecule has 0 fully saturated rings. The molecule has 7 heteroatoms. The van der Waals surface area contributed by atoms with E-state index in [0.29, 0.717) is 11.4 Å². The van der Waals surface area contributed by atoms with E-state index in [1.165, 1.54) is 25.1 Å². The molecule has 1 N–H and O–H groups in total. The molecular weight excluding hydrogens is 352 g/mol. The molecule has 0 radical (unpaired) electrons. The number of amides is 3. The van der Waals surface area contributed by atoms with Gasteiger partial charge in [0, 0.05) is 25.5 Å². The van der Waals surface area contributed by atoms with Crippen molar-refractivity contribution >= 4 is 17.6 Å². The molecule has 140 valence electrons. The van der Waals surface area contributed by atoms with Crippen LogP contribution in [0.5, 0.6) is 0 Å². The van der Waals surface area contributed by atoms with E-state index >= 15 is 0 Å². The lowest BCUT2D eigenvalue weighted by molar-refractivity contribution is -0.113. The van der Waals surface area contributed by atoms with Crippen LogP contribution in [0.1, 0.15) is 18.5 Å². The fraction of sp³-hybridized carbons (Fsp3) is 0.200. The van der Waals surface area contributed by atoms with Crippen LogP contribution in [0.3, 0.4) is 0 Å². The van der Waals surface area contributed by atoms with E-state index in [1.807, 2.05) is 0 Å². The maximum absolute atomic E-state index is 14.5. The third-order valence-electron chi connectivity index (χ3n) is 4.69. The van der Waals surface area contributed by atoms with Gasteiger partial charge in [0.15, 0.2) is 0 Å². The summed E-state index contributed by atoms with van der Waals surface area (Å²) < 4.78 is 29.0. The molecule has 2 aromatic rings. The molecule has 0 saturated carbocycles. The predicted molar refractivity (Wildman–Crippen MR) is 97.8 cm³/mol. The summed E-state index contributed by atoms with van der Waals surface area (Å²) in [6.45, 7) is 1.58. The first-order valence-corrected chi connectivity index (χ1v) is 8.34. The highest BCUT2D eigenvalue weighted by Crippen LogP contribution is 2.38. The quantitative estimate of drug-likeness (QED) is 0.889. The van der Waals surface area contributed by atoms with Crippen LogP contribution >= 0.6 is 0 Å². The number of allylic oxidation sites excluding steroid dienone is 1. The summed E-state index contributed by atoms with van der Waals surface area (Å²) >= 11 is 0. The highest BCUT2D eigenvalue weighted by molar-refractivity contribution is 6.06. The number of hydrogen-bond acceptors (Lipinski definition) is 2. The minimum Gasteiger partial charge on any atom is -0.322 e. The van der Waals surface area contributed by atoms with Crippen molar-refractivity contribution < 1.29 is 18.4 Å². The lowest BCUT2D eigenvalue weighted by atomic mass is 9.92. The van der Waals surface area contributed by atoms with Gasteiger partial charge in [0.25, 0.3) is 5.91 Å². The second-order valence-corrected chi connectivity index (χ2v) is 6.31. The van der Waals surface area contributed by atoms with Crippen molar-refractivity contribution in [1.82, 2.24) is 9.80 Å². The number of hydrogen-bond donors (Lipinski definition) is 1. The minimum absolute atomic E-state index is 0.104. The molecule has 3 amide bonds. The normalized spacial score (nSPS) is 17.4. The van der Waals surface area contributed by atoms with Crippen LogP contribution in [0.4, 0.5) is 19.3 Å². The number of carbonyl (C=O) groups excluding carboxylic acids is 2. The molecular formula is C20H19F2N3O2. The number of nitrogens with one attached hydrogen (secondary N) is 1. The molecule has 1 heterocycles. The molecule has 0 bridgehead atoms. The Morgan fingerprint density at radius 2 is 1.59 bits per heavy atom. The van der Waals surface area contributed by atoms with Gasteiger partial charge in [-0.05, 0) is 31.2 Å². The first-order chi connectivity index (χ1) is 12.8. The number of anilines is 1. The number of para-hydroxylation sites is 1. The zero-order valence-electron chi connectivity index (χ0n) is 15.2. The zero-order valence-corrected chi connectivity index (χ0v) is 15.2. The van der Waals surface area contributed by atoms with Gasteiger partial charge in [0.2, 0.25) is 0 Å². The molecule has 5 nitrogen and oxygen atoms in total. The van der Waals surface area contributed by atoms with Crippen LogP contribution < -0.4 is 5.32 Å². The smallest absolute Gasteiger partial charge is 0.322 e. The fourth-order valence-corrected chi connectivity index (χ4v) is 3.18. The van der Waals surface area contributed by atoms with Crippen molar-refractivity contribution in [2.45, 2.75) is 13.0 Å². The van der Waals surface area contributed by atoms with E-state index in [2.05, 4.69) is 5.32 Å². The minimum atomic E-state index is -1.18. The molecule has 0 aromatic heterocycles. The molecule has 1 aliphatic rings.